The van der Waals surface area contributed by atoms with Crippen LogP contribution in [0.25, 0.3) is 10.9 Å². The minimum absolute atomic E-state index is 0.201. The fourth-order valence-corrected chi connectivity index (χ4v) is 2.50. The monoisotopic (exact) mass is 264 g/mol. The van der Waals surface area contributed by atoms with Gasteiger partial charge in [0.25, 0.3) is 0 Å². The number of alkyl halides is 1. The van der Waals surface area contributed by atoms with Gasteiger partial charge in [0, 0.05) is 5.39 Å². The average molecular weight is 264 g/mol. The molecule has 0 aliphatic carbocycles. The van der Waals surface area contributed by atoms with Gasteiger partial charge in [-0.15, -0.1) is 0 Å². The van der Waals surface area contributed by atoms with Gasteiger partial charge in [-0.05, 0) is 30.4 Å². The van der Waals surface area contributed by atoms with Gasteiger partial charge in [0.2, 0.25) is 0 Å². The Labute approximate surface area is 113 Å². The number of rotatable bonds is 6. The molecule has 0 aliphatic heterocycles. The quantitative estimate of drug-likeness (QED) is 0.869. The highest BCUT2D eigenvalue weighted by Crippen LogP contribution is 2.26. The molecule has 4 heteroatoms. The molecule has 0 saturated heterocycles. The molecule has 0 saturated carbocycles. The molecular formula is C15H21FN2O. The second-order valence-electron chi connectivity index (χ2n) is 4.97. The SMILES string of the molecule is CCC(CC)c1ccc2cnn(CC(O)CF)c2c1. The third kappa shape index (κ3) is 2.95. The standard InChI is InChI=1S/C15H21FN2O/c1-3-11(4-2)12-5-6-13-9-17-18(15(13)7-12)10-14(19)8-16/h5-7,9,11,14,19H,3-4,8,10H2,1-2H3. The number of aliphatic hydroxyl groups is 1. The highest BCUT2D eigenvalue weighted by atomic mass is 19.1. The Morgan fingerprint density at radius 2 is 2.05 bits per heavy atom. The van der Waals surface area contributed by atoms with Crippen molar-refractivity contribution in [3.8, 4) is 0 Å². The van der Waals surface area contributed by atoms with Crippen LogP contribution in [0.3, 0.4) is 0 Å². The highest BCUT2D eigenvalue weighted by Gasteiger charge is 2.12. The van der Waals surface area contributed by atoms with Crippen molar-refractivity contribution in [2.24, 2.45) is 0 Å². The van der Waals surface area contributed by atoms with Crippen molar-refractivity contribution >= 4 is 10.9 Å². The zero-order valence-electron chi connectivity index (χ0n) is 11.5. The van der Waals surface area contributed by atoms with E-state index in [-0.39, 0.29) is 6.54 Å². The van der Waals surface area contributed by atoms with Crippen LogP contribution in [0.4, 0.5) is 4.39 Å². The van der Waals surface area contributed by atoms with Crippen molar-refractivity contribution in [1.82, 2.24) is 9.78 Å². The molecule has 1 aromatic carbocycles. The van der Waals surface area contributed by atoms with Gasteiger partial charge >= 0.3 is 0 Å². The lowest BCUT2D eigenvalue weighted by molar-refractivity contribution is 0.119. The summed E-state index contributed by atoms with van der Waals surface area (Å²) in [5.74, 6) is 0.541. The summed E-state index contributed by atoms with van der Waals surface area (Å²) in [5.41, 5.74) is 2.26. The molecule has 3 nitrogen and oxygen atoms in total. The maximum absolute atomic E-state index is 12.4. The molecule has 1 heterocycles. The van der Waals surface area contributed by atoms with Crippen molar-refractivity contribution in [2.45, 2.75) is 45.3 Å². The summed E-state index contributed by atoms with van der Waals surface area (Å²) >= 11 is 0. The molecule has 0 bridgehead atoms. The van der Waals surface area contributed by atoms with E-state index in [1.165, 1.54) is 5.56 Å². The van der Waals surface area contributed by atoms with E-state index in [0.29, 0.717) is 5.92 Å². The van der Waals surface area contributed by atoms with Crippen LogP contribution in [-0.4, -0.2) is 27.7 Å². The third-order valence-corrected chi connectivity index (χ3v) is 3.69. The van der Waals surface area contributed by atoms with Crippen LogP contribution in [0.1, 0.15) is 38.2 Å². The van der Waals surface area contributed by atoms with Gasteiger partial charge < -0.3 is 5.11 Å². The predicted molar refractivity (Wildman–Crippen MR) is 75.0 cm³/mol. The van der Waals surface area contributed by atoms with Crippen LogP contribution in [-0.2, 0) is 6.54 Å². The van der Waals surface area contributed by atoms with Crippen molar-refractivity contribution < 1.29 is 9.50 Å². The molecule has 0 amide bonds. The second-order valence-corrected chi connectivity index (χ2v) is 4.97. The fraction of sp³-hybridized carbons (Fsp3) is 0.533. The first-order valence-corrected chi connectivity index (χ1v) is 6.89. The molecule has 2 rings (SSSR count). The van der Waals surface area contributed by atoms with E-state index in [0.717, 1.165) is 23.7 Å². The number of benzene rings is 1. The summed E-state index contributed by atoms with van der Waals surface area (Å²) in [4.78, 5) is 0. The van der Waals surface area contributed by atoms with Crippen molar-refractivity contribution in [3.05, 3.63) is 30.0 Å². The van der Waals surface area contributed by atoms with Crippen LogP contribution < -0.4 is 0 Å². The minimum Gasteiger partial charge on any atom is -0.388 e. The van der Waals surface area contributed by atoms with Crippen molar-refractivity contribution in [3.63, 3.8) is 0 Å². The number of aliphatic hydroxyl groups excluding tert-OH is 1. The second kappa shape index (κ2) is 6.15. The summed E-state index contributed by atoms with van der Waals surface area (Å²) in [7, 11) is 0. The summed E-state index contributed by atoms with van der Waals surface area (Å²) in [5, 5.41) is 14.7. The summed E-state index contributed by atoms with van der Waals surface area (Å²) < 4.78 is 14.1. The molecule has 19 heavy (non-hydrogen) atoms. The predicted octanol–water partition coefficient (Wildman–Crippen LogP) is 3.27. The Kier molecular flexibility index (Phi) is 4.53. The van der Waals surface area contributed by atoms with E-state index >= 15 is 0 Å². The summed E-state index contributed by atoms with van der Waals surface area (Å²) in [6.45, 7) is 3.82. The van der Waals surface area contributed by atoms with E-state index in [4.69, 9.17) is 0 Å². The van der Waals surface area contributed by atoms with Gasteiger partial charge in [0.1, 0.15) is 12.8 Å². The normalized spacial score (nSPS) is 13.3. The van der Waals surface area contributed by atoms with E-state index in [1.807, 2.05) is 6.07 Å². The molecule has 1 unspecified atom stereocenters. The van der Waals surface area contributed by atoms with Gasteiger partial charge in [-0.2, -0.15) is 5.10 Å². The lowest BCUT2D eigenvalue weighted by Gasteiger charge is -2.13. The summed E-state index contributed by atoms with van der Waals surface area (Å²) in [6, 6.07) is 6.30. The van der Waals surface area contributed by atoms with Crippen molar-refractivity contribution in [2.75, 3.05) is 6.67 Å². The first kappa shape index (κ1) is 14.0. The van der Waals surface area contributed by atoms with Crippen LogP contribution in [0.2, 0.25) is 0 Å². The number of halogens is 1. The lowest BCUT2D eigenvalue weighted by Crippen LogP contribution is -2.18. The molecule has 0 fully saturated rings. The highest BCUT2D eigenvalue weighted by molar-refractivity contribution is 5.79. The maximum Gasteiger partial charge on any atom is 0.117 e. The molecule has 104 valence electrons. The van der Waals surface area contributed by atoms with Crippen LogP contribution in [0.15, 0.2) is 24.4 Å². The lowest BCUT2D eigenvalue weighted by atomic mass is 9.93. The Morgan fingerprint density at radius 3 is 2.68 bits per heavy atom. The molecule has 1 atom stereocenters. The Hall–Kier alpha value is -1.42. The fourth-order valence-electron chi connectivity index (χ4n) is 2.50. The minimum atomic E-state index is -0.986. The van der Waals surface area contributed by atoms with E-state index < -0.39 is 12.8 Å². The molecule has 1 N–H and O–H groups in total. The van der Waals surface area contributed by atoms with E-state index in [2.05, 4.69) is 31.1 Å². The number of hydrogen-bond donors (Lipinski definition) is 1. The number of fused-ring (bicyclic) bond motifs is 1. The zero-order chi connectivity index (χ0) is 13.8. The van der Waals surface area contributed by atoms with Gasteiger partial charge in [-0.1, -0.05) is 26.0 Å². The summed E-state index contributed by atoms with van der Waals surface area (Å²) in [6.07, 6.45) is 2.98. The molecule has 1 aromatic heterocycles. The average Bonchev–Trinajstić information content (AvgIpc) is 2.83. The van der Waals surface area contributed by atoms with Crippen LogP contribution in [0, 0.1) is 0 Å². The maximum atomic E-state index is 12.4. The molecule has 0 spiro atoms. The van der Waals surface area contributed by atoms with Crippen molar-refractivity contribution in [1.29, 1.82) is 0 Å². The largest absolute Gasteiger partial charge is 0.388 e. The number of aromatic nitrogens is 2. The van der Waals surface area contributed by atoms with Crippen LogP contribution >= 0.6 is 0 Å². The number of hydrogen-bond acceptors (Lipinski definition) is 2. The Bertz CT molecular complexity index is 534. The van der Waals surface area contributed by atoms with Crippen LogP contribution in [0.5, 0.6) is 0 Å². The van der Waals surface area contributed by atoms with Gasteiger partial charge in [-0.25, -0.2) is 4.39 Å². The first-order chi connectivity index (χ1) is 9.19. The molecular weight excluding hydrogens is 243 g/mol. The van der Waals surface area contributed by atoms with Gasteiger partial charge in [0.15, 0.2) is 0 Å². The Morgan fingerprint density at radius 1 is 1.32 bits per heavy atom. The molecule has 0 aliphatic rings. The van der Waals surface area contributed by atoms with E-state index in [1.54, 1.807) is 10.9 Å². The topological polar surface area (TPSA) is 38.0 Å². The van der Waals surface area contributed by atoms with E-state index in [9.17, 15) is 9.50 Å². The first-order valence-electron chi connectivity index (χ1n) is 6.89. The van der Waals surface area contributed by atoms with Gasteiger partial charge in [0.05, 0.1) is 18.3 Å². The van der Waals surface area contributed by atoms with Gasteiger partial charge in [-0.3, -0.25) is 4.68 Å². The smallest absolute Gasteiger partial charge is 0.117 e. The zero-order valence-corrected chi connectivity index (χ0v) is 11.5. The molecule has 2 aromatic rings. The third-order valence-electron chi connectivity index (χ3n) is 3.69. The Balaban J connectivity index is 2.36. The number of nitrogens with zero attached hydrogens (tertiary/aromatic N) is 2. The molecule has 0 radical (unpaired) electrons.